The molecular weight excluding hydrogens is 529 g/mol. The molecule has 1 fully saturated rings. The average molecular weight is 559 g/mol. The molecule has 1 saturated carbocycles. The number of hydrogen-bond acceptors (Lipinski definition) is 5. The summed E-state index contributed by atoms with van der Waals surface area (Å²) in [6, 6.07) is 13.2. The summed E-state index contributed by atoms with van der Waals surface area (Å²) in [6.07, 6.45) is 0.254. The maximum atomic E-state index is 13.4. The van der Waals surface area contributed by atoms with Crippen LogP contribution < -0.4 is 21.3 Å². The van der Waals surface area contributed by atoms with Gasteiger partial charge in [0.2, 0.25) is 0 Å². The maximum Gasteiger partial charge on any atom is 0.573 e. The summed E-state index contributed by atoms with van der Waals surface area (Å²) in [6.45, 7) is 0.00530. The molecule has 0 aliphatic heterocycles. The summed E-state index contributed by atoms with van der Waals surface area (Å²) in [4.78, 5) is 55.0. The van der Waals surface area contributed by atoms with Crippen molar-refractivity contribution in [3.63, 3.8) is 0 Å². The van der Waals surface area contributed by atoms with Crippen LogP contribution in [0.25, 0.3) is 0 Å². The van der Waals surface area contributed by atoms with Crippen molar-refractivity contribution in [2.75, 3.05) is 6.54 Å². The van der Waals surface area contributed by atoms with E-state index in [9.17, 15) is 32.3 Å². The summed E-state index contributed by atoms with van der Waals surface area (Å²) in [5.41, 5.74) is -1.44. The normalized spacial score (nSPS) is 14.0. The largest absolute Gasteiger partial charge is 0.573 e. The molecule has 0 bridgehead atoms. The van der Waals surface area contributed by atoms with Crippen LogP contribution in [0.4, 0.5) is 13.2 Å². The molecule has 1 aromatic heterocycles. The van der Waals surface area contributed by atoms with E-state index in [1.54, 1.807) is 30.3 Å². The Kier molecular flexibility index (Phi) is 9.08. The van der Waals surface area contributed by atoms with E-state index in [0.717, 1.165) is 44.2 Å². The minimum Gasteiger partial charge on any atom is -0.405 e. The number of nitrogens with zero attached hydrogens (tertiary/aromatic N) is 1. The van der Waals surface area contributed by atoms with Gasteiger partial charge in [-0.2, -0.15) is 0 Å². The van der Waals surface area contributed by atoms with Crippen LogP contribution in [0, 0.1) is 5.92 Å². The number of amides is 2. The Morgan fingerprint density at radius 3 is 2.35 bits per heavy atom. The Balaban J connectivity index is 1.62. The van der Waals surface area contributed by atoms with E-state index >= 15 is 0 Å². The van der Waals surface area contributed by atoms with Crippen LogP contribution in [0.1, 0.15) is 64.1 Å². The Hall–Kier alpha value is -4.35. The van der Waals surface area contributed by atoms with Crippen molar-refractivity contribution in [2.24, 2.45) is 5.92 Å². The van der Waals surface area contributed by atoms with Crippen LogP contribution in [-0.4, -0.2) is 39.6 Å². The van der Waals surface area contributed by atoms with Gasteiger partial charge in [0, 0.05) is 30.3 Å². The molecule has 1 heterocycles. The molecule has 1 aliphatic rings. The highest BCUT2D eigenvalue weighted by atomic mass is 19.4. The standard InChI is InChI=1S/C28H29F3N4O5/c29-28(30,31)40-23-13-20(25(37)32-15-18-7-3-1-4-8-18)11-12-21(23)17-35(16-19-9-5-2-6-10-19)26(38)22-14-24(36)34-27(39)33-22/h2,5-6,9-14,18H,1,3-4,7-8,15-17H2,(H,32,37)(H2,33,34,36,39). The van der Waals surface area contributed by atoms with Gasteiger partial charge in [-0.3, -0.25) is 19.4 Å². The molecule has 3 aromatic rings. The number of H-pyrrole nitrogens is 2. The first-order chi connectivity index (χ1) is 19.1. The molecule has 212 valence electrons. The number of hydrogen-bond donors (Lipinski definition) is 3. The fraction of sp³-hybridized carbons (Fsp3) is 0.357. The highest BCUT2D eigenvalue weighted by Gasteiger charge is 2.33. The van der Waals surface area contributed by atoms with Crippen LogP contribution in [0.15, 0.2) is 64.2 Å². The van der Waals surface area contributed by atoms with Crippen molar-refractivity contribution in [3.05, 3.63) is 97.8 Å². The van der Waals surface area contributed by atoms with E-state index in [4.69, 9.17) is 0 Å². The molecule has 2 amide bonds. The predicted molar refractivity (Wildman–Crippen MR) is 140 cm³/mol. The summed E-state index contributed by atoms with van der Waals surface area (Å²) >= 11 is 0. The quantitative estimate of drug-likeness (QED) is 0.365. The van der Waals surface area contributed by atoms with Crippen LogP contribution in [-0.2, 0) is 13.1 Å². The molecular formula is C28H29F3N4O5. The van der Waals surface area contributed by atoms with E-state index in [0.29, 0.717) is 18.0 Å². The van der Waals surface area contributed by atoms with Crippen molar-refractivity contribution in [1.29, 1.82) is 0 Å². The zero-order chi connectivity index (χ0) is 28.7. The molecule has 0 atom stereocenters. The third-order valence-electron chi connectivity index (χ3n) is 6.69. The predicted octanol–water partition coefficient (Wildman–Crippen LogP) is 4.11. The lowest BCUT2D eigenvalue weighted by molar-refractivity contribution is -0.275. The lowest BCUT2D eigenvalue weighted by Crippen LogP contribution is -2.34. The monoisotopic (exact) mass is 558 g/mol. The van der Waals surface area contributed by atoms with Crippen LogP contribution in [0.2, 0.25) is 0 Å². The second-order valence-corrected chi connectivity index (χ2v) is 9.73. The van der Waals surface area contributed by atoms with Crippen molar-refractivity contribution < 1.29 is 27.5 Å². The van der Waals surface area contributed by atoms with E-state index in [-0.39, 0.29) is 29.9 Å². The lowest BCUT2D eigenvalue weighted by Gasteiger charge is -2.25. The lowest BCUT2D eigenvalue weighted by atomic mass is 9.89. The number of aromatic nitrogens is 2. The molecule has 4 rings (SSSR count). The number of carbonyl (C=O) groups excluding carboxylic acids is 2. The summed E-state index contributed by atoms with van der Waals surface area (Å²) < 4.78 is 44.3. The first kappa shape index (κ1) is 28.7. The molecule has 9 nitrogen and oxygen atoms in total. The highest BCUT2D eigenvalue weighted by Crippen LogP contribution is 2.30. The van der Waals surface area contributed by atoms with Crippen LogP contribution >= 0.6 is 0 Å². The molecule has 0 spiro atoms. The van der Waals surface area contributed by atoms with Gasteiger partial charge in [0.25, 0.3) is 17.4 Å². The Morgan fingerprint density at radius 1 is 0.950 bits per heavy atom. The molecule has 1 aliphatic carbocycles. The number of ether oxygens (including phenoxy) is 1. The third-order valence-corrected chi connectivity index (χ3v) is 6.69. The average Bonchev–Trinajstić information content (AvgIpc) is 2.91. The van der Waals surface area contributed by atoms with Gasteiger partial charge in [-0.1, -0.05) is 55.7 Å². The van der Waals surface area contributed by atoms with E-state index in [1.807, 2.05) is 4.98 Å². The van der Waals surface area contributed by atoms with E-state index in [1.165, 1.54) is 17.0 Å². The number of nitrogens with one attached hydrogen (secondary N) is 3. The fourth-order valence-electron chi connectivity index (χ4n) is 4.74. The van der Waals surface area contributed by atoms with Gasteiger partial charge in [0.15, 0.2) is 0 Å². The zero-order valence-corrected chi connectivity index (χ0v) is 21.6. The molecule has 12 heteroatoms. The molecule has 0 saturated heterocycles. The number of benzene rings is 2. The van der Waals surface area contributed by atoms with Crippen molar-refractivity contribution in [2.45, 2.75) is 51.6 Å². The maximum absolute atomic E-state index is 13.4. The molecule has 2 aromatic carbocycles. The number of aromatic amines is 2. The zero-order valence-electron chi connectivity index (χ0n) is 21.6. The minimum absolute atomic E-state index is 0.0151. The molecule has 40 heavy (non-hydrogen) atoms. The van der Waals surface area contributed by atoms with Crippen molar-refractivity contribution >= 4 is 11.8 Å². The first-order valence-corrected chi connectivity index (χ1v) is 12.9. The highest BCUT2D eigenvalue weighted by molar-refractivity contribution is 5.95. The molecule has 0 radical (unpaired) electrons. The molecule has 3 N–H and O–H groups in total. The van der Waals surface area contributed by atoms with Crippen molar-refractivity contribution in [1.82, 2.24) is 20.2 Å². The van der Waals surface area contributed by atoms with Gasteiger partial charge in [0.05, 0.1) is 6.54 Å². The van der Waals surface area contributed by atoms with Gasteiger partial charge >= 0.3 is 12.1 Å². The second kappa shape index (κ2) is 12.7. The number of alkyl halides is 3. The topological polar surface area (TPSA) is 124 Å². The van der Waals surface area contributed by atoms with E-state index in [2.05, 4.69) is 15.0 Å². The number of carbonyl (C=O) groups is 2. The van der Waals surface area contributed by atoms with Gasteiger partial charge in [-0.25, -0.2) is 4.79 Å². The second-order valence-electron chi connectivity index (χ2n) is 9.73. The minimum atomic E-state index is -5.06. The van der Waals surface area contributed by atoms with E-state index < -0.39 is 35.2 Å². The fourth-order valence-corrected chi connectivity index (χ4v) is 4.74. The van der Waals surface area contributed by atoms with Gasteiger partial charge < -0.3 is 19.9 Å². The Morgan fingerprint density at radius 2 is 1.68 bits per heavy atom. The van der Waals surface area contributed by atoms with Gasteiger partial charge in [-0.05, 0) is 36.5 Å². The van der Waals surface area contributed by atoms with Crippen LogP contribution in [0.3, 0.4) is 0 Å². The van der Waals surface area contributed by atoms with Gasteiger partial charge in [-0.15, -0.1) is 13.2 Å². The van der Waals surface area contributed by atoms with Crippen LogP contribution in [0.5, 0.6) is 5.75 Å². The number of halogens is 3. The summed E-state index contributed by atoms with van der Waals surface area (Å²) in [5.74, 6) is -1.62. The molecule has 0 unspecified atom stereocenters. The third kappa shape index (κ3) is 8.08. The van der Waals surface area contributed by atoms with Gasteiger partial charge in [0.1, 0.15) is 11.4 Å². The Bertz CT molecular complexity index is 1420. The van der Waals surface area contributed by atoms with Crippen molar-refractivity contribution in [3.8, 4) is 5.75 Å². The summed E-state index contributed by atoms with van der Waals surface area (Å²) in [5, 5.41) is 2.80. The Labute approximate surface area is 227 Å². The smallest absolute Gasteiger partial charge is 0.405 e. The summed E-state index contributed by atoms with van der Waals surface area (Å²) in [7, 11) is 0. The number of rotatable bonds is 9. The first-order valence-electron chi connectivity index (χ1n) is 12.9. The SMILES string of the molecule is O=C(NCC1CCCCC1)c1ccc(CN(Cc2ccccc2)C(=O)c2cc(=O)[nH]c(=O)[nH]2)c(OC(F)(F)F)c1.